The standard InChI is InChI=1S/C15H19BrFN5/c1-9-7-10(16)12(8-11(9)17)22-14(19)20-13(18)21-15(22)5-3-2-4-6-15/h7-8H,2-6H2,1H3,(H4,18,19,20,21). The average Bonchev–Trinajstić information content (AvgIpc) is 2.44. The summed E-state index contributed by atoms with van der Waals surface area (Å²) in [5.74, 6) is 0.178. The first-order chi connectivity index (χ1) is 10.4. The smallest absolute Gasteiger partial charge is 0.220 e. The van der Waals surface area contributed by atoms with E-state index in [1.807, 2.05) is 4.90 Å². The van der Waals surface area contributed by atoms with Crippen molar-refractivity contribution >= 4 is 33.5 Å². The number of anilines is 1. The molecule has 1 aromatic rings. The SMILES string of the molecule is Cc1cc(Br)c(N2C(N)=NC(N)=NC23CCCCC3)cc1F. The van der Waals surface area contributed by atoms with Crippen LogP contribution in [0.1, 0.15) is 37.7 Å². The Morgan fingerprint density at radius 2 is 1.91 bits per heavy atom. The molecule has 0 aromatic heterocycles. The fourth-order valence-corrected chi connectivity index (χ4v) is 3.91. The van der Waals surface area contributed by atoms with Crippen LogP contribution in [0.15, 0.2) is 26.6 Å². The summed E-state index contributed by atoms with van der Waals surface area (Å²) >= 11 is 3.51. The predicted molar refractivity (Wildman–Crippen MR) is 90.4 cm³/mol. The van der Waals surface area contributed by atoms with E-state index in [1.165, 1.54) is 6.07 Å². The van der Waals surface area contributed by atoms with Gasteiger partial charge in [-0.05, 0) is 66.2 Å². The van der Waals surface area contributed by atoms with E-state index in [2.05, 4.69) is 25.9 Å². The van der Waals surface area contributed by atoms with E-state index >= 15 is 0 Å². The zero-order chi connectivity index (χ0) is 15.9. The van der Waals surface area contributed by atoms with Gasteiger partial charge in [-0.1, -0.05) is 6.42 Å². The zero-order valence-electron chi connectivity index (χ0n) is 12.4. The summed E-state index contributed by atoms with van der Waals surface area (Å²) in [5.41, 5.74) is 12.6. The van der Waals surface area contributed by atoms with Crippen LogP contribution in [0.25, 0.3) is 0 Å². The van der Waals surface area contributed by atoms with E-state index < -0.39 is 5.66 Å². The van der Waals surface area contributed by atoms with Gasteiger partial charge in [0.1, 0.15) is 11.5 Å². The fourth-order valence-electron chi connectivity index (χ4n) is 3.28. The summed E-state index contributed by atoms with van der Waals surface area (Å²) in [6.45, 7) is 1.73. The number of benzene rings is 1. The van der Waals surface area contributed by atoms with Gasteiger partial charge in [0.15, 0.2) is 0 Å². The number of hydrogen-bond donors (Lipinski definition) is 2. The Morgan fingerprint density at radius 1 is 1.23 bits per heavy atom. The summed E-state index contributed by atoms with van der Waals surface area (Å²) in [6, 6.07) is 3.23. The van der Waals surface area contributed by atoms with Gasteiger partial charge in [0.2, 0.25) is 11.9 Å². The summed E-state index contributed by atoms with van der Waals surface area (Å²) < 4.78 is 14.9. The molecule has 1 aliphatic heterocycles. The Labute approximate surface area is 137 Å². The number of guanidine groups is 2. The second kappa shape index (κ2) is 5.53. The Morgan fingerprint density at radius 3 is 2.59 bits per heavy atom. The van der Waals surface area contributed by atoms with Gasteiger partial charge in [-0.15, -0.1) is 0 Å². The van der Waals surface area contributed by atoms with Gasteiger partial charge in [-0.3, -0.25) is 4.90 Å². The van der Waals surface area contributed by atoms with Crippen molar-refractivity contribution in [3.05, 3.63) is 28.0 Å². The molecule has 0 radical (unpaired) electrons. The van der Waals surface area contributed by atoms with E-state index in [-0.39, 0.29) is 17.7 Å². The Kier molecular flexibility index (Phi) is 3.84. The highest BCUT2D eigenvalue weighted by Gasteiger charge is 2.43. The van der Waals surface area contributed by atoms with Crippen molar-refractivity contribution in [2.75, 3.05) is 4.90 Å². The van der Waals surface area contributed by atoms with Crippen molar-refractivity contribution in [3.8, 4) is 0 Å². The van der Waals surface area contributed by atoms with E-state index in [0.717, 1.165) is 36.6 Å². The number of nitrogens with zero attached hydrogens (tertiary/aromatic N) is 3. The van der Waals surface area contributed by atoms with Crippen LogP contribution in [0.4, 0.5) is 10.1 Å². The molecule has 1 fully saturated rings. The number of aliphatic imine (C=N–C) groups is 2. The molecule has 0 unspecified atom stereocenters. The molecule has 1 spiro atoms. The summed E-state index contributed by atoms with van der Waals surface area (Å²) in [7, 11) is 0. The minimum absolute atomic E-state index is 0.194. The van der Waals surface area contributed by atoms with Gasteiger partial charge < -0.3 is 11.5 Å². The number of nitrogens with two attached hydrogens (primary N) is 2. The Balaban J connectivity index is 2.14. The van der Waals surface area contributed by atoms with E-state index in [9.17, 15) is 4.39 Å². The third-order valence-corrected chi connectivity index (χ3v) is 4.96. The van der Waals surface area contributed by atoms with Gasteiger partial charge >= 0.3 is 0 Å². The predicted octanol–water partition coefficient (Wildman–Crippen LogP) is 3.01. The lowest BCUT2D eigenvalue weighted by Crippen LogP contribution is -2.58. The molecule has 4 N–H and O–H groups in total. The molecule has 7 heteroatoms. The molecule has 1 heterocycles. The Bertz CT molecular complexity index is 664. The molecule has 3 rings (SSSR count). The fraction of sp³-hybridized carbons (Fsp3) is 0.467. The number of aryl methyl sites for hydroxylation is 1. The zero-order valence-corrected chi connectivity index (χ0v) is 14.0. The topological polar surface area (TPSA) is 80.0 Å². The molecule has 118 valence electrons. The van der Waals surface area contributed by atoms with Gasteiger partial charge in [0.25, 0.3) is 0 Å². The highest BCUT2D eigenvalue weighted by atomic mass is 79.9. The minimum Gasteiger partial charge on any atom is -0.369 e. The van der Waals surface area contributed by atoms with Crippen LogP contribution in [0.2, 0.25) is 0 Å². The first kappa shape index (κ1) is 15.3. The summed E-state index contributed by atoms with van der Waals surface area (Å²) in [4.78, 5) is 10.5. The van der Waals surface area contributed by atoms with Crippen molar-refractivity contribution in [3.63, 3.8) is 0 Å². The normalized spacial score (nSPS) is 20.8. The van der Waals surface area contributed by atoms with Crippen LogP contribution < -0.4 is 16.4 Å². The lowest BCUT2D eigenvalue weighted by Gasteiger charge is -2.46. The van der Waals surface area contributed by atoms with Crippen LogP contribution in [-0.4, -0.2) is 17.6 Å². The highest BCUT2D eigenvalue weighted by Crippen LogP contribution is 2.42. The van der Waals surface area contributed by atoms with Crippen molar-refractivity contribution in [2.24, 2.45) is 21.5 Å². The quantitative estimate of drug-likeness (QED) is 0.800. The molecule has 0 amide bonds. The van der Waals surface area contributed by atoms with Crippen molar-refractivity contribution in [1.29, 1.82) is 0 Å². The van der Waals surface area contributed by atoms with Crippen molar-refractivity contribution in [2.45, 2.75) is 44.7 Å². The average molecular weight is 368 g/mol. The third-order valence-electron chi connectivity index (χ3n) is 4.32. The van der Waals surface area contributed by atoms with Gasteiger partial charge in [0.05, 0.1) is 5.69 Å². The molecule has 2 aliphatic rings. The molecule has 5 nitrogen and oxygen atoms in total. The summed E-state index contributed by atoms with van der Waals surface area (Å²) in [5, 5.41) is 0. The molecule has 0 atom stereocenters. The van der Waals surface area contributed by atoms with Crippen LogP contribution >= 0.6 is 15.9 Å². The third kappa shape index (κ3) is 2.47. The van der Waals surface area contributed by atoms with E-state index in [0.29, 0.717) is 11.3 Å². The molecular formula is C15H19BrFN5. The molecular weight excluding hydrogens is 349 g/mol. The molecule has 22 heavy (non-hydrogen) atoms. The first-order valence-corrected chi connectivity index (χ1v) is 8.18. The van der Waals surface area contributed by atoms with Gasteiger partial charge in [-0.25, -0.2) is 9.38 Å². The van der Waals surface area contributed by atoms with Gasteiger partial charge in [-0.2, -0.15) is 4.99 Å². The molecule has 1 saturated carbocycles. The number of halogens is 2. The van der Waals surface area contributed by atoms with Crippen molar-refractivity contribution in [1.82, 2.24) is 0 Å². The minimum atomic E-state index is -0.557. The molecule has 1 aromatic carbocycles. The van der Waals surface area contributed by atoms with E-state index in [1.54, 1.807) is 13.0 Å². The molecule has 0 bridgehead atoms. The lowest BCUT2D eigenvalue weighted by molar-refractivity contribution is 0.305. The van der Waals surface area contributed by atoms with Gasteiger partial charge in [0, 0.05) is 4.47 Å². The Hall–Kier alpha value is -1.63. The second-order valence-electron chi connectivity index (χ2n) is 5.87. The lowest BCUT2D eigenvalue weighted by atomic mass is 9.87. The van der Waals surface area contributed by atoms with Crippen LogP contribution in [-0.2, 0) is 0 Å². The number of hydrogen-bond acceptors (Lipinski definition) is 5. The maximum Gasteiger partial charge on any atom is 0.220 e. The van der Waals surface area contributed by atoms with Crippen molar-refractivity contribution < 1.29 is 4.39 Å². The van der Waals surface area contributed by atoms with Crippen LogP contribution in [0.5, 0.6) is 0 Å². The second-order valence-corrected chi connectivity index (χ2v) is 6.73. The van der Waals surface area contributed by atoms with Crippen LogP contribution in [0.3, 0.4) is 0 Å². The summed E-state index contributed by atoms with van der Waals surface area (Å²) in [6.07, 6.45) is 4.88. The monoisotopic (exact) mass is 367 g/mol. The number of rotatable bonds is 1. The first-order valence-electron chi connectivity index (χ1n) is 7.38. The molecule has 1 aliphatic carbocycles. The largest absolute Gasteiger partial charge is 0.369 e. The van der Waals surface area contributed by atoms with E-state index in [4.69, 9.17) is 11.5 Å². The van der Waals surface area contributed by atoms with Crippen LogP contribution in [0, 0.1) is 12.7 Å². The highest BCUT2D eigenvalue weighted by molar-refractivity contribution is 9.10. The molecule has 0 saturated heterocycles. The maximum atomic E-state index is 14.1. The maximum absolute atomic E-state index is 14.1.